The first-order chi connectivity index (χ1) is 25.5. The highest BCUT2D eigenvalue weighted by molar-refractivity contribution is 8.00. The molecular weight excluding hydrogens is 750 g/mol. The summed E-state index contributed by atoms with van der Waals surface area (Å²) in [5.74, 6) is -3.36. The number of thioether (sulfide) groups is 2. The Labute approximate surface area is 315 Å². The van der Waals surface area contributed by atoms with Crippen molar-refractivity contribution in [3.8, 4) is 0 Å². The van der Waals surface area contributed by atoms with Crippen molar-refractivity contribution in [2.45, 2.75) is 48.5 Å². The summed E-state index contributed by atoms with van der Waals surface area (Å²) in [6, 6.07) is 5.69. The maximum atomic E-state index is 15.3. The van der Waals surface area contributed by atoms with Gasteiger partial charge in [0.2, 0.25) is 11.3 Å². The molecule has 1 unspecified atom stereocenters. The molecule has 2 fully saturated rings. The number of fused-ring (bicyclic) bond motifs is 4. The van der Waals surface area contributed by atoms with Crippen LogP contribution >= 0.6 is 34.9 Å². The van der Waals surface area contributed by atoms with Crippen LogP contribution in [0.1, 0.15) is 40.9 Å². The van der Waals surface area contributed by atoms with Crippen LogP contribution in [-0.2, 0) is 39.8 Å². The lowest BCUT2D eigenvalue weighted by molar-refractivity contribution is -0.153. The van der Waals surface area contributed by atoms with Gasteiger partial charge in [0.15, 0.2) is 0 Å². The number of nitrogens with zero attached hydrogens (tertiary/aromatic N) is 3. The molecule has 280 valence electrons. The molecule has 3 aromatic rings. The van der Waals surface area contributed by atoms with Crippen LogP contribution in [-0.4, -0.2) is 102 Å². The molecular formula is C35H36FN5O9S3. The molecule has 14 nitrogen and oxygen atoms in total. The zero-order chi connectivity index (χ0) is 37.4. The molecule has 2 amide bonds. The van der Waals surface area contributed by atoms with Gasteiger partial charge < -0.3 is 34.3 Å². The predicted octanol–water partition coefficient (Wildman–Crippen LogP) is 2.79. The molecule has 0 spiro atoms. The molecule has 53 heavy (non-hydrogen) atoms. The second kappa shape index (κ2) is 15.5. The van der Waals surface area contributed by atoms with E-state index in [1.165, 1.54) is 52.8 Å². The number of pyridine rings is 1. The van der Waals surface area contributed by atoms with Crippen molar-refractivity contribution in [3.63, 3.8) is 0 Å². The molecule has 4 aliphatic heterocycles. The van der Waals surface area contributed by atoms with Crippen molar-refractivity contribution < 1.29 is 42.6 Å². The number of aromatic nitrogens is 1. The number of carbonyl (C=O) groups is 5. The number of anilines is 1. The molecule has 1 aromatic carbocycles. The van der Waals surface area contributed by atoms with E-state index in [0.717, 1.165) is 18.0 Å². The summed E-state index contributed by atoms with van der Waals surface area (Å²) in [5, 5.41) is 7.75. The van der Waals surface area contributed by atoms with Crippen LogP contribution in [0.25, 0.3) is 10.9 Å². The number of benzene rings is 1. The monoisotopic (exact) mass is 785 g/mol. The topological polar surface area (TPSA) is 166 Å². The number of hydrogen-bond acceptors (Lipinski definition) is 14. The van der Waals surface area contributed by atoms with Crippen molar-refractivity contribution in [2.75, 3.05) is 56.7 Å². The molecule has 4 aliphatic rings. The summed E-state index contributed by atoms with van der Waals surface area (Å²) >= 11 is 4.11. The average molecular weight is 786 g/mol. The summed E-state index contributed by atoms with van der Waals surface area (Å²) in [6.45, 7) is 5.23. The van der Waals surface area contributed by atoms with Gasteiger partial charge in [-0.15, -0.1) is 23.1 Å². The molecule has 7 rings (SSSR count). The van der Waals surface area contributed by atoms with Crippen LogP contribution in [0.2, 0.25) is 0 Å². The number of piperazine rings is 1. The number of halogens is 1. The number of rotatable bonds is 12. The van der Waals surface area contributed by atoms with E-state index in [1.807, 2.05) is 33.9 Å². The van der Waals surface area contributed by atoms with Gasteiger partial charge in [0.1, 0.15) is 35.1 Å². The largest absolute Gasteiger partial charge is 0.462 e. The molecule has 6 heterocycles. The third-order valence-electron chi connectivity index (χ3n) is 9.21. The van der Waals surface area contributed by atoms with Crippen LogP contribution < -0.4 is 21.0 Å². The fourth-order valence-electron chi connectivity index (χ4n) is 6.66. The Hall–Kier alpha value is -4.39. The molecule has 2 saturated heterocycles. The Morgan fingerprint density at radius 3 is 2.51 bits per heavy atom. The van der Waals surface area contributed by atoms with E-state index >= 15 is 4.39 Å². The highest BCUT2D eigenvalue weighted by Crippen LogP contribution is 2.47. The number of esters is 3. The molecule has 0 aliphatic carbocycles. The summed E-state index contributed by atoms with van der Waals surface area (Å²) in [6.07, 6.45) is 0.194. The van der Waals surface area contributed by atoms with E-state index in [1.54, 1.807) is 6.07 Å². The second-order valence-electron chi connectivity index (χ2n) is 12.7. The van der Waals surface area contributed by atoms with E-state index in [2.05, 4.69) is 10.6 Å². The second-order valence-corrected chi connectivity index (χ2v) is 16.2. The Bertz CT molecular complexity index is 2080. The summed E-state index contributed by atoms with van der Waals surface area (Å²) in [7, 11) is 0. The van der Waals surface area contributed by atoms with Gasteiger partial charge in [-0.2, -0.15) is 0 Å². The number of hydrogen-bond donors (Lipinski definition) is 2. The average Bonchev–Trinajstić information content (AvgIpc) is 3.65. The molecule has 0 bridgehead atoms. The lowest BCUT2D eigenvalue weighted by atomic mass is 10.0. The highest BCUT2D eigenvalue weighted by Gasteiger charge is 2.54. The van der Waals surface area contributed by atoms with Gasteiger partial charge in [0.25, 0.3) is 5.91 Å². The Kier molecular flexibility index (Phi) is 10.8. The fourth-order valence-corrected chi connectivity index (χ4v) is 9.84. The lowest BCUT2D eigenvalue weighted by Gasteiger charge is -2.49. The van der Waals surface area contributed by atoms with E-state index in [4.69, 9.17) is 14.2 Å². The molecule has 2 aromatic heterocycles. The molecule has 3 atom stereocenters. The Morgan fingerprint density at radius 2 is 1.81 bits per heavy atom. The van der Waals surface area contributed by atoms with Gasteiger partial charge in [-0.25, -0.2) is 14.0 Å². The van der Waals surface area contributed by atoms with Crippen LogP contribution in [0.3, 0.4) is 0 Å². The van der Waals surface area contributed by atoms with Gasteiger partial charge in [-0.3, -0.25) is 24.1 Å². The number of amides is 2. The fraction of sp³-hybridized carbons (Fsp3) is 0.429. The van der Waals surface area contributed by atoms with Crippen LogP contribution in [0.15, 0.2) is 50.7 Å². The number of ether oxygens (including phenoxy) is 3. The first kappa shape index (κ1) is 36.9. The normalized spacial score (nSPS) is 20.6. The van der Waals surface area contributed by atoms with Crippen molar-refractivity contribution in [1.29, 1.82) is 0 Å². The maximum absolute atomic E-state index is 15.3. The van der Waals surface area contributed by atoms with E-state index in [0.29, 0.717) is 34.9 Å². The van der Waals surface area contributed by atoms with Gasteiger partial charge in [-0.1, -0.05) is 17.8 Å². The molecule has 0 saturated carbocycles. The highest BCUT2D eigenvalue weighted by atomic mass is 32.2. The van der Waals surface area contributed by atoms with Gasteiger partial charge in [0.05, 0.1) is 41.2 Å². The Balaban J connectivity index is 0.985. The molecule has 18 heteroatoms. The SMILES string of the molecule is CC(=O)OCC1=C(C(=O)OCCCOC(=O)c2c3n(c4cc(N5CCNCC5)c(F)cc4c2=O)C(C)S3)N2C(=O)[C@H](NC(=O)Cc3cccs3)[C@@H]2SC1. The number of β-lactam (4-membered cyclic amide) rings is 1. The zero-order valence-corrected chi connectivity index (χ0v) is 31.3. The minimum Gasteiger partial charge on any atom is -0.462 e. The van der Waals surface area contributed by atoms with Gasteiger partial charge >= 0.3 is 17.9 Å². The van der Waals surface area contributed by atoms with E-state index < -0.39 is 46.5 Å². The summed E-state index contributed by atoms with van der Waals surface area (Å²) in [5.41, 5.74) is 0.494. The molecule has 2 N–H and O–H groups in total. The summed E-state index contributed by atoms with van der Waals surface area (Å²) < 4.78 is 33.2. The minimum absolute atomic E-state index is 0.0530. The van der Waals surface area contributed by atoms with Crippen molar-refractivity contribution in [3.05, 3.63) is 67.4 Å². The first-order valence-corrected chi connectivity index (χ1v) is 19.8. The standard InChI is InChI=1S/C35H36FN5O9S3/c1-18-40-24-15-25(39-8-6-37-7-9-39)23(36)14-22(24)30(44)27(32(40)53-18)34(46)48-10-4-11-49-35(47)29-20(16-50-19(2)42)17-52-33-28(31(45)41(29)33)38-26(43)13-21-5-3-12-51-21/h3,5,12,14-15,18,28,33,37H,4,6-11,13,16-17H2,1-2H3,(H,38,43)/t18?,28-,33-/m0/s1. The van der Waals surface area contributed by atoms with Crippen molar-refractivity contribution in [2.24, 2.45) is 0 Å². The molecule has 0 radical (unpaired) electrons. The maximum Gasteiger partial charge on any atom is 0.355 e. The first-order valence-electron chi connectivity index (χ1n) is 17.0. The smallest absolute Gasteiger partial charge is 0.355 e. The zero-order valence-electron chi connectivity index (χ0n) is 28.8. The van der Waals surface area contributed by atoms with Crippen LogP contribution in [0.5, 0.6) is 0 Å². The van der Waals surface area contributed by atoms with E-state index in [-0.39, 0.29) is 66.3 Å². The third-order valence-corrected chi connectivity index (χ3v) is 12.6. The lowest BCUT2D eigenvalue weighted by Crippen LogP contribution is -2.70. The van der Waals surface area contributed by atoms with Gasteiger partial charge in [-0.05, 0) is 30.5 Å². The quantitative estimate of drug-likeness (QED) is 0.119. The van der Waals surface area contributed by atoms with Crippen LogP contribution in [0.4, 0.5) is 10.1 Å². The minimum atomic E-state index is -0.866. The Morgan fingerprint density at radius 1 is 1.06 bits per heavy atom. The number of thiophene rings is 1. The number of nitrogens with one attached hydrogen (secondary N) is 2. The summed E-state index contributed by atoms with van der Waals surface area (Å²) in [4.78, 5) is 81.7. The van der Waals surface area contributed by atoms with Crippen LogP contribution in [0, 0.1) is 5.82 Å². The van der Waals surface area contributed by atoms with E-state index in [9.17, 15) is 28.8 Å². The van der Waals surface area contributed by atoms with Gasteiger partial charge in [0, 0.05) is 61.1 Å². The third kappa shape index (κ3) is 7.28. The predicted molar refractivity (Wildman–Crippen MR) is 196 cm³/mol. The van der Waals surface area contributed by atoms with Crippen molar-refractivity contribution in [1.82, 2.24) is 20.1 Å². The number of carbonyl (C=O) groups excluding carboxylic acids is 5. The van der Waals surface area contributed by atoms with Crippen molar-refractivity contribution >= 4 is 81.2 Å².